The van der Waals surface area contributed by atoms with Crippen molar-refractivity contribution in [3.63, 3.8) is 0 Å². The normalized spacial score (nSPS) is 10.6. The number of imidazole rings is 1. The van der Waals surface area contributed by atoms with Crippen molar-refractivity contribution in [2.75, 3.05) is 0 Å². The molecule has 2 rings (SSSR count). The summed E-state index contributed by atoms with van der Waals surface area (Å²) in [7, 11) is 1.70. The smallest absolute Gasteiger partial charge is 0.328 e. The molecular weight excluding hydrogens is 270 g/mol. The molecule has 2 aromatic rings. The number of thiocarbonyl (C=S) groups is 1. The summed E-state index contributed by atoms with van der Waals surface area (Å²) in [6, 6.07) is 5.35. The van der Waals surface area contributed by atoms with E-state index in [9.17, 15) is 4.79 Å². The van der Waals surface area contributed by atoms with Crippen molar-refractivity contribution in [2.45, 2.75) is 6.54 Å². The molecule has 0 fully saturated rings. The van der Waals surface area contributed by atoms with E-state index in [-0.39, 0.29) is 5.69 Å². The van der Waals surface area contributed by atoms with Crippen molar-refractivity contribution in [3.05, 3.63) is 57.2 Å². The zero-order valence-electron chi connectivity index (χ0n) is 9.76. The van der Waals surface area contributed by atoms with Crippen LogP contribution in [0.2, 0.25) is 5.02 Å². The van der Waals surface area contributed by atoms with E-state index in [1.807, 2.05) is 6.07 Å². The summed E-state index contributed by atoms with van der Waals surface area (Å²) in [6.45, 7) is 0.427. The van der Waals surface area contributed by atoms with Crippen LogP contribution in [0.5, 0.6) is 0 Å². The van der Waals surface area contributed by atoms with Gasteiger partial charge in [-0.05, 0) is 11.6 Å². The molecule has 0 unspecified atom stereocenters. The molecule has 0 aliphatic heterocycles. The first kappa shape index (κ1) is 12.9. The van der Waals surface area contributed by atoms with E-state index in [1.165, 1.54) is 4.57 Å². The van der Waals surface area contributed by atoms with Crippen LogP contribution in [0, 0.1) is 0 Å². The molecule has 94 valence electrons. The Kier molecular flexibility index (Phi) is 3.54. The molecule has 1 heterocycles. The predicted octanol–water partition coefficient (Wildman–Crippen LogP) is 1.52. The number of hydrogen-bond acceptors (Lipinski definition) is 2. The monoisotopic (exact) mass is 281 g/mol. The van der Waals surface area contributed by atoms with Crippen LogP contribution in [0.3, 0.4) is 0 Å². The number of nitrogens with two attached hydrogens (primary N) is 1. The fourth-order valence-electron chi connectivity index (χ4n) is 1.64. The topological polar surface area (TPSA) is 52.9 Å². The largest absolute Gasteiger partial charge is 0.389 e. The second kappa shape index (κ2) is 4.96. The van der Waals surface area contributed by atoms with Gasteiger partial charge < -0.3 is 10.3 Å². The van der Waals surface area contributed by atoms with Gasteiger partial charge in [-0.15, -0.1) is 0 Å². The fraction of sp³-hybridized carbons (Fsp3) is 0.167. The molecule has 0 radical (unpaired) electrons. The first-order valence-electron chi connectivity index (χ1n) is 5.29. The highest BCUT2D eigenvalue weighted by Crippen LogP contribution is 2.18. The van der Waals surface area contributed by atoms with Crippen LogP contribution < -0.4 is 11.4 Å². The van der Waals surface area contributed by atoms with Gasteiger partial charge >= 0.3 is 5.69 Å². The van der Waals surface area contributed by atoms with E-state index in [1.54, 1.807) is 36.1 Å². The maximum absolute atomic E-state index is 11.7. The standard InChI is InChI=1S/C12H12ClN3OS/c1-15-4-5-16(12(15)17)7-9-3-2-8(11(14)18)6-10(9)13/h2-6H,7H2,1H3,(H2,14,18). The van der Waals surface area contributed by atoms with Gasteiger partial charge in [-0.3, -0.25) is 4.57 Å². The van der Waals surface area contributed by atoms with Gasteiger partial charge in [-0.25, -0.2) is 4.79 Å². The van der Waals surface area contributed by atoms with Crippen LogP contribution in [0.15, 0.2) is 35.4 Å². The minimum atomic E-state index is -0.0792. The maximum Gasteiger partial charge on any atom is 0.328 e. The zero-order chi connectivity index (χ0) is 13.3. The first-order valence-corrected chi connectivity index (χ1v) is 6.07. The summed E-state index contributed by atoms with van der Waals surface area (Å²) < 4.78 is 3.10. The molecule has 0 aliphatic rings. The highest BCUT2D eigenvalue weighted by Gasteiger charge is 2.06. The van der Waals surface area contributed by atoms with Crippen LogP contribution in [-0.4, -0.2) is 14.1 Å². The summed E-state index contributed by atoms with van der Waals surface area (Å²) in [5, 5.41) is 0.552. The van der Waals surface area contributed by atoms with E-state index < -0.39 is 0 Å². The number of benzene rings is 1. The number of hydrogen-bond donors (Lipinski definition) is 1. The van der Waals surface area contributed by atoms with Crippen LogP contribution in [-0.2, 0) is 13.6 Å². The van der Waals surface area contributed by atoms with Gasteiger partial charge in [-0.1, -0.05) is 36.0 Å². The molecule has 6 heteroatoms. The third kappa shape index (κ3) is 2.47. The van der Waals surface area contributed by atoms with Gasteiger partial charge in [0.15, 0.2) is 0 Å². The van der Waals surface area contributed by atoms with Crippen LogP contribution in [0.1, 0.15) is 11.1 Å². The third-order valence-corrected chi connectivity index (χ3v) is 3.28. The summed E-state index contributed by atoms with van der Waals surface area (Å²) in [6.07, 6.45) is 3.43. The van der Waals surface area contributed by atoms with Crippen molar-refractivity contribution < 1.29 is 0 Å². The van der Waals surface area contributed by atoms with Crippen molar-refractivity contribution in [1.29, 1.82) is 0 Å². The van der Waals surface area contributed by atoms with Gasteiger partial charge in [0.25, 0.3) is 0 Å². The van der Waals surface area contributed by atoms with Gasteiger partial charge in [0.1, 0.15) is 4.99 Å². The third-order valence-electron chi connectivity index (χ3n) is 2.70. The second-order valence-corrected chi connectivity index (χ2v) is 4.84. The molecule has 4 nitrogen and oxygen atoms in total. The second-order valence-electron chi connectivity index (χ2n) is 3.99. The lowest BCUT2D eigenvalue weighted by molar-refractivity contribution is 0.718. The molecule has 0 spiro atoms. The van der Waals surface area contributed by atoms with Gasteiger partial charge in [-0.2, -0.15) is 0 Å². The van der Waals surface area contributed by atoms with Gasteiger partial charge in [0, 0.05) is 30.0 Å². The zero-order valence-corrected chi connectivity index (χ0v) is 11.3. The molecule has 1 aromatic heterocycles. The van der Waals surface area contributed by atoms with Crippen LogP contribution in [0.25, 0.3) is 0 Å². The highest BCUT2D eigenvalue weighted by molar-refractivity contribution is 7.80. The van der Waals surface area contributed by atoms with Crippen molar-refractivity contribution in [1.82, 2.24) is 9.13 Å². The van der Waals surface area contributed by atoms with Crippen molar-refractivity contribution in [2.24, 2.45) is 12.8 Å². The molecule has 0 atom stereocenters. The summed E-state index contributed by atoms with van der Waals surface area (Å²) in [5.41, 5.74) is 7.02. The Labute approximate surface area is 115 Å². The SMILES string of the molecule is Cn1ccn(Cc2ccc(C(N)=S)cc2Cl)c1=O. The van der Waals surface area contributed by atoms with E-state index >= 15 is 0 Å². The quantitative estimate of drug-likeness (QED) is 0.868. The van der Waals surface area contributed by atoms with Gasteiger partial charge in [0.05, 0.1) is 6.54 Å². The van der Waals surface area contributed by atoms with Gasteiger partial charge in [0.2, 0.25) is 0 Å². The van der Waals surface area contributed by atoms with E-state index in [4.69, 9.17) is 29.6 Å². The van der Waals surface area contributed by atoms with Crippen LogP contribution in [0.4, 0.5) is 0 Å². The van der Waals surface area contributed by atoms with Crippen molar-refractivity contribution in [3.8, 4) is 0 Å². The lowest BCUT2D eigenvalue weighted by Gasteiger charge is -2.06. The average Bonchev–Trinajstić information content (AvgIpc) is 2.63. The van der Waals surface area contributed by atoms with E-state index in [0.717, 1.165) is 11.1 Å². The minimum absolute atomic E-state index is 0.0792. The minimum Gasteiger partial charge on any atom is -0.389 e. The number of halogens is 1. The Balaban J connectivity index is 2.33. The van der Waals surface area contributed by atoms with E-state index in [0.29, 0.717) is 16.6 Å². The molecule has 0 saturated heterocycles. The molecule has 0 bridgehead atoms. The Hall–Kier alpha value is -1.59. The number of aromatic nitrogens is 2. The van der Waals surface area contributed by atoms with Crippen molar-refractivity contribution >= 4 is 28.8 Å². The number of aryl methyl sites for hydroxylation is 1. The summed E-state index contributed by atoms with van der Waals surface area (Å²) >= 11 is 11.0. The maximum atomic E-state index is 11.7. The Morgan fingerprint density at radius 2 is 2.17 bits per heavy atom. The molecular formula is C12H12ClN3OS. The van der Waals surface area contributed by atoms with Crippen LogP contribution >= 0.6 is 23.8 Å². The first-order chi connectivity index (χ1) is 8.49. The highest BCUT2D eigenvalue weighted by atomic mass is 35.5. The Morgan fingerprint density at radius 3 is 2.67 bits per heavy atom. The Morgan fingerprint density at radius 1 is 1.44 bits per heavy atom. The average molecular weight is 282 g/mol. The van der Waals surface area contributed by atoms with E-state index in [2.05, 4.69) is 0 Å². The summed E-state index contributed by atoms with van der Waals surface area (Å²) in [4.78, 5) is 12.0. The molecule has 0 aliphatic carbocycles. The molecule has 2 N–H and O–H groups in total. The molecule has 0 saturated carbocycles. The number of rotatable bonds is 3. The lowest BCUT2D eigenvalue weighted by atomic mass is 10.1. The molecule has 1 aromatic carbocycles. The molecule has 0 amide bonds. The fourth-order valence-corrected chi connectivity index (χ4v) is 2.01. The summed E-state index contributed by atoms with van der Waals surface area (Å²) in [5.74, 6) is 0. The Bertz CT molecular complexity index is 660. The molecule has 18 heavy (non-hydrogen) atoms. The predicted molar refractivity (Wildman–Crippen MR) is 76.1 cm³/mol. The number of nitrogens with zero attached hydrogens (tertiary/aromatic N) is 2. The lowest BCUT2D eigenvalue weighted by Crippen LogP contribution is -2.22.